The highest BCUT2D eigenvalue weighted by Crippen LogP contribution is 1.98. The number of nitrogens with one attached hydrogen (secondary N) is 1. The number of hydrogen-bond donors (Lipinski definition) is 1. The minimum atomic E-state index is 0.0831. The predicted octanol–water partition coefficient (Wildman–Crippen LogP) is 2.31. The van der Waals surface area contributed by atoms with Crippen molar-refractivity contribution in [3.8, 4) is 0 Å². The monoisotopic (exact) mass is 203 g/mol. The Morgan fingerprint density at radius 2 is 1.93 bits per heavy atom. The van der Waals surface area contributed by atoms with E-state index < -0.39 is 0 Å². The van der Waals surface area contributed by atoms with Gasteiger partial charge in [0, 0.05) is 12.2 Å². The second-order valence-corrected chi connectivity index (χ2v) is 3.60. The summed E-state index contributed by atoms with van der Waals surface area (Å²) in [7, 11) is 0. The summed E-state index contributed by atoms with van der Waals surface area (Å²) in [5, 5.41) is 3.20. The zero-order chi connectivity index (χ0) is 11.1. The molecular weight excluding hydrogens is 186 g/mol. The quantitative estimate of drug-likeness (QED) is 0.744. The summed E-state index contributed by atoms with van der Waals surface area (Å²) < 4.78 is 0. The molecule has 0 radical (unpaired) electrons. The maximum absolute atomic E-state index is 10.8. The fourth-order valence-electron chi connectivity index (χ4n) is 1.40. The summed E-state index contributed by atoms with van der Waals surface area (Å²) in [6.45, 7) is 4.33. The fourth-order valence-corrected chi connectivity index (χ4v) is 1.40. The molecule has 0 aliphatic rings. The molecule has 0 aliphatic carbocycles. The molecule has 0 spiro atoms. The van der Waals surface area contributed by atoms with E-state index in [0.717, 1.165) is 18.7 Å². The smallest absolute Gasteiger partial charge is 0.154 e. The van der Waals surface area contributed by atoms with Gasteiger partial charge in [-0.05, 0) is 31.9 Å². The highest BCUT2D eigenvalue weighted by atomic mass is 16.1. The Morgan fingerprint density at radius 1 is 1.27 bits per heavy atom. The molecule has 1 rings (SSSR count). The topological polar surface area (TPSA) is 29.1 Å². The average molecular weight is 203 g/mol. The number of rotatable bonds is 5. The second-order valence-electron chi connectivity index (χ2n) is 3.60. The van der Waals surface area contributed by atoms with Gasteiger partial charge in [0.2, 0.25) is 0 Å². The van der Waals surface area contributed by atoms with Crippen LogP contribution < -0.4 is 5.32 Å². The Labute approximate surface area is 91.0 Å². The summed E-state index contributed by atoms with van der Waals surface area (Å²) >= 11 is 0. The van der Waals surface area contributed by atoms with Crippen molar-refractivity contribution in [3.05, 3.63) is 47.7 Å². The van der Waals surface area contributed by atoms with E-state index in [4.69, 9.17) is 0 Å². The highest BCUT2D eigenvalue weighted by molar-refractivity contribution is 5.87. The van der Waals surface area contributed by atoms with E-state index in [1.54, 1.807) is 13.0 Å². The summed E-state index contributed by atoms with van der Waals surface area (Å²) in [4.78, 5) is 10.8. The van der Waals surface area contributed by atoms with Crippen LogP contribution in [0, 0.1) is 0 Å². The molecule has 0 amide bonds. The molecule has 0 saturated carbocycles. The average Bonchev–Trinajstić information content (AvgIpc) is 2.18. The van der Waals surface area contributed by atoms with Crippen LogP contribution in [-0.4, -0.2) is 12.3 Å². The van der Waals surface area contributed by atoms with Crippen LogP contribution in [0.3, 0.4) is 0 Å². The van der Waals surface area contributed by atoms with Crippen molar-refractivity contribution in [2.24, 2.45) is 0 Å². The summed E-state index contributed by atoms with van der Waals surface area (Å²) in [6, 6.07) is 10.3. The van der Waals surface area contributed by atoms with Crippen molar-refractivity contribution in [3.63, 3.8) is 0 Å². The molecule has 0 fully saturated rings. The van der Waals surface area contributed by atoms with Gasteiger partial charge in [0.15, 0.2) is 5.78 Å². The number of ketones is 1. The Kier molecular flexibility index (Phi) is 4.61. The molecule has 0 aliphatic heterocycles. The van der Waals surface area contributed by atoms with Crippen LogP contribution in [-0.2, 0) is 11.2 Å². The van der Waals surface area contributed by atoms with Crippen molar-refractivity contribution in [2.45, 2.75) is 20.3 Å². The third-order valence-corrected chi connectivity index (χ3v) is 2.08. The molecule has 1 aromatic rings. The van der Waals surface area contributed by atoms with Crippen molar-refractivity contribution >= 4 is 5.78 Å². The van der Waals surface area contributed by atoms with Gasteiger partial charge in [-0.1, -0.05) is 30.3 Å². The lowest BCUT2D eigenvalue weighted by molar-refractivity contribution is -0.112. The molecule has 0 aromatic heterocycles. The predicted molar refractivity (Wildman–Crippen MR) is 62.6 cm³/mol. The Hall–Kier alpha value is -1.57. The lowest BCUT2D eigenvalue weighted by atomic mass is 10.1. The Morgan fingerprint density at radius 3 is 2.53 bits per heavy atom. The second kappa shape index (κ2) is 6.02. The normalized spacial score (nSPS) is 11.2. The third-order valence-electron chi connectivity index (χ3n) is 2.08. The minimum absolute atomic E-state index is 0.0831. The van der Waals surface area contributed by atoms with E-state index >= 15 is 0 Å². The van der Waals surface area contributed by atoms with Gasteiger partial charge in [-0.3, -0.25) is 4.79 Å². The largest absolute Gasteiger partial charge is 0.388 e. The van der Waals surface area contributed by atoms with Gasteiger partial charge in [0.05, 0.1) is 0 Å². The van der Waals surface area contributed by atoms with Crippen molar-refractivity contribution in [1.29, 1.82) is 0 Å². The Bertz CT molecular complexity index is 341. The molecule has 2 nitrogen and oxygen atoms in total. The molecule has 0 heterocycles. The van der Waals surface area contributed by atoms with E-state index in [1.807, 2.05) is 25.1 Å². The molecule has 1 N–H and O–H groups in total. The van der Waals surface area contributed by atoms with E-state index in [0.29, 0.717) is 0 Å². The molecule has 15 heavy (non-hydrogen) atoms. The van der Waals surface area contributed by atoms with Crippen LogP contribution >= 0.6 is 0 Å². The highest BCUT2D eigenvalue weighted by Gasteiger charge is 1.93. The number of benzene rings is 1. The maximum Gasteiger partial charge on any atom is 0.154 e. The van der Waals surface area contributed by atoms with Gasteiger partial charge in [-0.2, -0.15) is 0 Å². The maximum atomic E-state index is 10.8. The van der Waals surface area contributed by atoms with Crippen LogP contribution in [0.1, 0.15) is 19.4 Å². The third kappa shape index (κ3) is 5.01. The van der Waals surface area contributed by atoms with Gasteiger partial charge < -0.3 is 5.32 Å². The van der Waals surface area contributed by atoms with E-state index in [2.05, 4.69) is 17.4 Å². The Balaban J connectivity index is 2.31. The van der Waals surface area contributed by atoms with Gasteiger partial charge >= 0.3 is 0 Å². The summed E-state index contributed by atoms with van der Waals surface area (Å²) in [6.07, 6.45) is 2.59. The first-order valence-corrected chi connectivity index (χ1v) is 5.15. The summed E-state index contributed by atoms with van der Waals surface area (Å²) in [5.41, 5.74) is 2.24. The minimum Gasteiger partial charge on any atom is -0.388 e. The number of carbonyl (C=O) groups is 1. The van der Waals surface area contributed by atoms with Crippen LogP contribution in [0.25, 0.3) is 0 Å². The van der Waals surface area contributed by atoms with E-state index in [9.17, 15) is 4.79 Å². The van der Waals surface area contributed by atoms with Gasteiger partial charge in [-0.15, -0.1) is 0 Å². The molecule has 1 aromatic carbocycles. The van der Waals surface area contributed by atoms with Crippen LogP contribution in [0.5, 0.6) is 0 Å². The molecule has 80 valence electrons. The van der Waals surface area contributed by atoms with Gasteiger partial charge in [-0.25, -0.2) is 0 Å². The molecule has 0 bridgehead atoms. The first-order valence-electron chi connectivity index (χ1n) is 5.15. The zero-order valence-corrected chi connectivity index (χ0v) is 9.29. The molecule has 0 saturated heterocycles. The number of allylic oxidation sites excluding steroid dienone is 2. The first-order chi connectivity index (χ1) is 7.18. The van der Waals surface area contributed by atoms with Crippen LogP contribution in [0.15, 0.2) is 42.1 Å². The molecule has 2 heteroatoms. The van der Waals surface area contributed by atoms with Gasteiger partial charge in [0.1, 0.15) is 0 Å². The first kappa shape index (κ1) is 11.5. The fraction of sp³-hybridized carbons (Fsp3) is 0.308. The van der Waals surface area contributed by atoms with Crippen molar-refractivity contribution < 1.29 is 4.79 Å². The SMILES string of the molecule is CC(=O)/C=C(\C)NCCc1ccccc1. The lowest BCUT2D eigenvalue weighted by Crippen LogP contribution is -2.15. The van der Waals surface area contributed by atoms with Gasteiger partial charge in [0.25, 0.3) is 0 Å². The zero-order valence-electron chi connectivity index (χ0n) is 9.29. The lowest BCUT2D eigenvalue weighted by Gasteiger charge is -2.05. The van der Waals surface area contributed by atoms with Crippen molar-refractivity contribution in [1.82, 2.24) is 5.32 Å². The molecular formula is C13H17NO. The van der Waals surface area contributed by atoms with E-state index in [-0.39, 0.29) is 5.78 Å². The standard InChI is InChI=1S/C13H17NO/c1-11(10-12(2)15)14-9-8-13-6-4-3-5-7-13/h3-7,10,14H,8-9H2,1-2H3/b11-10+. The molecule has 0 unspecified atom stereocenters. The van der Waals surface area contributed by atoms with Crippen LogP contribution in [0.4, 0.5) is 0 Å². The number of carbonyl (C=O) groups excluding carboxylic acids is 1. The van der Waals surface area contributed by atoms with Crippen LogP contribution in [0.2, 0.25) is 0 Å². The van der Waals surface area contributed by atoms with Crippen molar-refractivity contribution in [2.75, 3.05) is 6.54 Å². The summed E-state index contributed by atoms with van der Waals surface area (Å²) in [5.74, 6) is 0.0831. The number of hydrogen-bond acceptors (Lipinski definition) is 2. The van der Waals surface area contributed by atoms with E-state index in [1.165, 1.54) is 5.56 Å². The molecule has 0 atom stereocenters.